The van der Waals surface area contributed by atoms with E-state index in [9.17, 15) is 14.0 Å². The fraction of sp³-hybridized carbons (Fsp3) is 0.308. The highest BCUT2D eigenvalue weighted by Crippen LogP contribution is 2.34. The Kier molecular flexibility index (Phi) is 7.13. The number of nitrogens with zero attached hydrogens (tertiary/aromatic N) is 4. The zero-order valence-corrected chi connectivity index (χ0v) is 20.5. The molecule has 0 bridgehead atoms. The Morgan fingerprint density at radius 2 is 1.84 bits per heavy atom. The maximum absolute atomic E-state index is 13.8. The summed E-state index contributed by atoms with van der Waals surface area (Å²) in [6.45, 7) is 4.68. The molecule has 0 radical (unpaired) electrons. The van der Waals surface area contributed by atoms with Gasteiger partial charge in [-0.25, -0.2) is 19.2 Å². The van der Waals surface area contributed by atoms with E-state index >= 15 is 0 Å². The van der Waals surface area contributed by atoms with Crippen LogP contribution in [-0.4, -0.2) is 54.6 Å². The van der Waals surface area contributed by atoms with Gasteiger partial charge in [-0.15, -0.1) is 0 Å². The van der Waals surface area contributed by atoms with Gasteiger partial charge in [-0.2, -0.15) is 0 Å². The lowest BCUT2D eigenvalue weighted by atomic mass is 10.1. The zero-order chi connectivity index (χ0) is 25.8. The van der Waals surface area contributed by atoms with Crippen molar-refractivity contribution in [2.45, 2.75) is 20.0 Å². The molecule has 1 fully saturated rings. The van der Waals surface area contributed by atoms with Crippen molar-refractivity contribution < 1.29 is 18.7 Å². The molecule has 37 heavy (non-hydrogen) atoms. The number of nitrogens with one attached hydrogen (secondary N) is 3. The first-order valence-electron chi connectivity index (χ1n) is 12.1. The molecular weight excluding hydrogens is 477 g/mol. The van der Waals surface area contributed by atoms with E-state index in [-0.39, 0.29) is 11.9 Å². The highest BCUT2D eigenvalue weighted by Gasteiger charge is 2.26. The Labute approximate surface area is 213 Å². The number of hydrogen-bond donors (Lipinski definition) is 3. The van der Waals surface area contributed by atoms with E-state index in [1.165, 1.54) is 19.3 Å². The highest BCUT2D eigenvalue weighted by molar-refractivity contribution is 6.03. The average molecular weight is 506 g/mol. The van der Waals surface area contributed by atoms with Gasteiger partial charge in [0.1, 0.15) is 24.6 Å². The fourth-order valence-electron chi connectivity index (χ4n) is 4.59. The monoisotopic (exact) mass is 505 g/mol. The fourth-order valence-corrected chi connectivity index (χ4v) is 4.59. The molecule has 1 saturated heterocycles. The van der Waals surface area contributed by atoms with Crippen LogP contribution in [-0.2, 0) is 17.9 Å². The molecule has 1 aromatic heterocycles. The molecule has 0 unspecified atom stereocenters. The van der Waals surface area contributed by atoms with Crippen molar-refractivity contribution in [2.24, 2.45) is 0 Å². The highest BCUT2D eigenvalue weighted by atomic mass is 19.1. The molecule has 3 N–H and O–H groups in total. The normalized spacial score (nSPS) is 14.8. The number of fused-ring (bicyclic) bond motifs is 1. The first-order chi connectivity index (χ1) is 18.0. The third-order valence-corrected chi connectivity index (χ3v) is 6.29. The summed E-state index contributed by atoms with van der Waals surface area (Å²) in [6, 6.07) is 12.1. The number of carbonyl (C=O) groups is 2. The van der Waals surface area contributed by atoms with Crippen LogP contribution >= 0.6 is 0 Å². The number of alkyl halides is 1. The maximum atomic E-state index is 13.8. The zero-order valence-electron chi connectivity index (χ0n) is 20.5. The van der Waals surface area contributed by atoms with Crippen LogP contribution < -0.4 is 30.5 Å². The molecule has 3 heterocycles. The Morgan fingerprint density at radius 1 is 1.03 bits per heavy atom. The van der Waals surface area contributed by atoms with Crippen molar-refractivity contribution >= 4 is 34.8 Å². The molecule has 11 heteroatoms. The second kappa shape index (κ2) is 10.8. The van der Waals surface area contributed by atoms with Crippen molar-refractivity contribution in [1.82, 2.24) is 15.3 Å². The van der Waals surface area contributed by atoms with Crippen molar-refractivity contribution in [1.29, 1.82) is 0 Å². The standard InChI is InChI=1S/C26H28FN7O3/c1-17(35)31-24-14-25(30-16-29-24)37-21-3-5-23-18(13-21)6-9-34(23)26(36)32-20-2-4-22(19(12-20)15-27)33-10-7-28-8-11-33/h2-5,12-14,16,28H,6-11,15H2,1H3,(H,32,36)(H,29,30,31,35). The van der Waals surface area contributed by atoms with E-state index in [0.717, 1.165) is 43.1 Å². The molecule has 0 spiro atoms. The van der Waals surface area contributed by atoms with Crippen LogP contribution in [0.4, 0.5) is 32.1 Å². The maximum Gasteiger partial charge on any atom is 0.326 e. The predicted octanol–water partition coefficient (Wildman–Crippen LogP) is 3.70. The second-order valence-corrected chi connectivity index (χ2v) is 8.86. The van der Waals surface area contributed by atoms with Crippen LogP contribution in [0.3, 0.4) is 0 Å². The molecule has 5 rings (SSSR count). The molecule has 10 nitrogen and oxygen atoms in total. The third kappa shape index (κ3) is 5.61. The summed E-state index contributed by atoms with van der Waals surface area (Å²) < 4.78 is 19.7. The van der Waals surface area contributed by atoms with Crippen LogP contribution in [0.5, 0.6) is 11.6 Å². The first-order valence-corrected chi connectivity index (χ1v) is 12.1. The minimum absolute atomic E-state index is 0.239. The van der Waals surface area contributed by atoms with E-state index in [1.807, 2.05) is 24.3 Å². The largest absolute Gasteiger partial charge is 0.439 e. The minimum atomic E-state index is -0.600. The third-order valence-electron chi connectivity index (χ3n) is 6.29. The lowest BCUT2D eigenvalue weighted by Gasteiger charge is -2.31. The number of ether oxygens (including phenoxy) is 1. The molecular formula is C26H28FN7O3. The van der Waals surface area contributed by atoms with Gasteiger partial charge >= 0.3 is 6.03 Å². The number of aromatic nitrogens is 2. The molecule has 2 aliphatic rings. The quantitative estimate of drug-likeness (QED) is 0.468. The van der Waals surface area contributed by atoms with Crippen LogP contribution in [0.15, 0.2) is 48.8 Å². The molecule has 2 aliphatic heterocycles. The number of piperazine rings is 1. The number of urea groups is 1. The minimum Gasteiger partial charge on any atom is -0.439 e. The van der Waals surface area contributed by atoms with Gasteiger partial charge in [0.15, 0.2) is 0 Å². The summed E-state index contributed by atoms with van der Waals surface area (Å²) >= 11 is 0. The molecule has 0 saturated carbocycles. The molecule has 192 valence electrons. The lowest BCUT2D eigenvalue weighted by Crippen LogP contribution is -2.43. The number of hydrogen-bond acceptors (Lipinski definition) is 7. The van der Waals surface area contributed by atoms with Crippen molar-refractivity contribution in [2.75, 3.05) is 53.2 Å². The molecule has 3 aromatic rings. The van der Waals surface area contributed by atoms with Gasteiger partial charge < -0.3 is 25.6 Å². The van der Waals surface area contributed by atoms with E-state index in [2.05, 4.69) is 30.8 Å². The molecule has 3 amide bonds. The average Bonchev–Trinajstić information content (AvgIpc) is 3.32. The van der Waals surface area contributed by atoms with Crippen LogP contribution in [0, 0.1) is 0 Å². The summed E-state index contributed by atoms with van der Waals surface area (Å²) in [7, 11) is 0. The number of carbonyl (C=O) groups excluding carboxylic acids is 2. The van der Waals surface area contributed by atoms with Gasteiger partial charge in [-0.05, 0) is 48.4 Å². The SMILES string of the molecule is CC(=O)Nc1cc(Oc2ccc3c(c2)CCN3C(=O)Nc2ccc(N3CCNCC3)c(CF)c2)ncn1. The van der Waals surface area contributed by atoms with Gasteiger partial charge in [0.05, 0.1) is 0 Å². The van der Waals surface area contributed by atoms with Crippen molar-refractivity contribution in [3.63, 3.8) is 0 Å². The molecule has 0 atom stereocenters. The van der Waals surface area contributed by atoms with Gasteiger partial charge in [-0.3, -0.25) is 9.69 Å². The summed E-state index contributed by atoms with van der Waals surface area (Å²) in [5.74, 6) is 0.958. The van der Waals surface area contributed by atoms with E-state index in [1.54, 1.807) is 17.0 Å². The number of amides is 3. The molecule has 2 aromatic carbocycles. The first kappa shape index (κ1) is 24.4. The summed E-state index contributed by atoms with van der Waals surface area (Å²) in [4.78, 5) is 36.2. The predicted molar refractivity (Wildman–Crippen MR) is 139 cm³/mol. The van der Waals surface area contributed by atoms with E-state index < -0.39 is 6.67 Å². The van der Waals surface area contributed by atoms with E-state index in [4.69, 9.17) is 4.74 Å². The Balaban J connectivity index is 1.26. The van der Waals surface area contributed by atoms with Crippen LogP contribution in [0.1, 0.15) is 18.1 Å². The van der Waals surface area contributed by atoms with Crippen molar-refractivity contribution in [3.05, 3.63) is 59.9 Å². The number of rotatable bonds is 6. The van der Waals surface area contributed by atoms with Gasteiger partial charge in [0.2, 0.25) is 11.8 Å². The van der Waals surface area contributed by atoms with Crippen LogP contribution in [0.25, 0.3) is 0 Å². The Hall–Kier alpha value is -4.25. The number of anilines is 4. The van der Waals surface area contributed by atoms with Gasteiger partial charge in [-0.1, -0.05) is 0 Å². The Morgan fingerprint density at radius 3 is 2.62 bits per heavy atom. The number of halogens is 1. The number of benzene rings is 2. The summed E-state index contributed by atoms with van der Waals surface area (Å²) in [6.07, 6.45) is 1.98. The van der Waals surface area contributed by atoms with Crippen molar-refractivity contribution in [3.8, 4) is 11.6 Å². The Bertz CT molecular complexity index is 1310. The lowest BCUT2D eigenvalue weighted by molar-refractivity contribution is -0.114. The second-order valence-electron chi connectivity index (χ2n) is 8.86. The van der Waals surface area contributed by atoms with Gasteiger partial charge in [0, 0.05) is 68.3 Å². The summed E-state index contributed by atoms with van der Waals surface area (Å²) in [5.41, 5.74) is 3.74. The smallest absolute Gasteiger partial charge is 0.326 e. The van der Waals surface area contributed by atoms with E-state index in [0.29, 0.717) is 41.7 Å². The topological polar surface area (TPSA) is 112 Å². The van der Waals surface area contributed by atoms with Crippen LogP contribution in [0.2, 0.25) is 0 Å². The molecule has 0 aliphatic carbocycles. The summed E-state index contributed by atoms with van der Waals surface area (Å²) in [5, 5.41) is 8.80. The van der Waals surface area contributed by atoms with Gasteiger partial charge in [0.25, 0.3) is 0 Å².